The number of aryl methyl sites for hydroxylation is 3. The van der Waals surface area contributed by atoms with Crippen molar-refractivity contribution in [1.82, 2.24) is 15.1 Å². The third kappa shape index (κ3) is 3.79. The fourth-order valence-electron chi connectivity index (χ4n) is 3.64. The molecule has 2 unspecified atom stereocenters. The molecule has 2 N–H and O–H groups in total. The minimum absolute atomic E-state index is 0.316. The molecule has 3 rings (SSSR count). The van der Waals surface area contributed by atoms with Gasteiger partial charge in [-0.25, -0.2) is 0 Å². The van der Waals surface area contributed by atoms with Crippen molar-refractivity contribution in [2.45, 2.75) is 45.8 Å². The summed E-state index contributed by atoms with van der Waals surface area (Å²) in [6.07, 6.45) is 1.77. The number of ether oxygens (including phenoxy) is 1. The molecule has 0 spiro atoms. The van der Waals surface area contributed by atoms with Crippen molar-refractivity contribution in [2.24, 2.45) is 0 Å². The zero-order chi connectivity index (χ0) is 17.1. The van der Waals surface area contributed by atoms with Gasteiger partial charge in [0.05, 0.1) is 5.69 Å². The van der Waals surface area contributed by atoms with E-state index in [1.54, 1.807) is 0 Å². The van der Waals surface area contributed by atoms with E-state index >= 15 is 0 Å². The summed E-state index contributed by atoms with van der Waals surface area (Å²) in [6.45, 7) is 8.11. The highest BCUT2D eigenvalue weighted by molar-refractivity contribution is 5.28. The minimum Gasteiger partial charge on any atom is -0.491 e. The number of aromatic nitrogens is 2. The van der Waals surface area contributed by atoms with Crippen molar-refractivity contribution in [1.29, 1.82) is 0 Å². The number of β-amino-alcohol motifs (C(OH)–C–C–N with tert-alkyl or cyclic N) is 1. The van der Waals surface area contributed by atoms with Gasteiger partial charge in [0.2, 0.25) is 0 Å². The lowest BCUT2D eigenvalue weighted by Crippen LogP contribution is -2.35. The second-order valence-corrected chi connectivity index (χ2v) is 6.78. The first kappa shape index (κ1) is 17.0. The van der Waals surface area contributed by atoms with Gasteiger partial charge in [0.1, 0.15) is 18.5 Å². The van der Waals surface area contributed by atoms with Crippen LogP contribution >= 0.6 is 0 Å². The third-order valence-corrected chi connectivity index (χ3v) is 4.76. The van der Waals surface area contributed by atoms with Gasteiger partial charge >= 0.3 is 0 Å². The average Bonchev–Trinajstić information content (AvgIpc) is 3.12. The highest BCUT2D eigenvalue weighted by Crippen LogP contribution is 2.34. The number of nitrogens with one attached hydrogen (secondary N) is 1. The van der Waals surface area contributed by atoms with E-state index < -0.39 is 6.10 Å². The van der Waals surface area contributed by atoms with Crippen LogP contribution in [0.2, 0.25) is 0 Å². The fraction of sp³-hybridized carbons (Fsp3) is 0.526. The summed E-state index contributed by atoms with van der Waals surface area (Å²) in [6, 6.07) is 8.27. The van der Waals surface area contributed by atoms with Gasteiger partial charge in [-0.05, 0) is 57.9 Å². The molecule has 0 radical (unpaired) electrons. The van der Waals surface area contributed by atoms with Gasteiger partial charge in [-0.2, -0.15) is 5.10 Å². The first-order valence-electron chi connectivity index (χ1n) is 8.67. The predicted octanol–water partition coefficient (Wildman–Crippen LogP) is 2.91. The van der Waals surface area contributed by atoms with Crippen LogP contribution in [0.3, 0.4) is 0 Å². The van der Waals surface area contributed by atoms with Gasteiger partial charge < -0.3 is 9.84 Å². The first-order valence-corrected chi connectivity index (χ1v) is 8.67. The maximum atomic E-state index is 10.4. The number of rotatable bonds is 6. The quantitative estimate of drug-likeness (QED) is 0.855. The van der Waals surface area contributed by atoms with Crippen LogP contribution in [-0.2, 0) is 0 Å². The monoisotopic (exact) mass is 329 g/mol. The van der Waals surface area contributed by atoms with E-state index in [4.69, 9.17) is 4.74 Å². The van der Waals surface area contributed by atoms with E-state index in [1.165, 1.54) is 5.56 Å². The number of aliphatic hydroxyl groups excluding tert-OH is 1. The topological polar surface area (TPSA) is 61.4 Å². The van der Waals surface area contributed by atoms with E-state index in [9.17, 15) is 5.11 Å². The molecule has 2 atom stereocenters. The molecule has 24 heavy (non-hydrogen) atoms. The zero-order valence-corrected chi connectivity index (χ0v) is 14.7. The van der Waals surface area contributed by atoms with Crippen molar-refractivity contribution >= 4 is 0 Å². The summed E-state index contributed by atoms with van der Waals surface area (Å²) in [4.78, 5) is 2.36. The molecule has 0 saturated carbocycles. The number of likely N-dealkylation sites (tertiary alicyclic amines) is 1. The molecular formula is C19H27N3O2. The molecular weight excluding hydrogens is 302 g/mol. The summed E-state index contributed by atoms with van der Waals surface area (Å²) in [5.74, 6) is 0.813. The Bertz CT molecular complexity index is 664. The Morgan fingerprint density at radius 1 is 1.38 bits per heavy atom. The number of aliphatic hydroxyl groups is 1. The molecule has 1 aromatic heterocycles. The van der Waals surface area contributed by atoms with E-state index in [0.717, 1.165) is 42.1 Å². The first-order chi connectivity index (χ1) is 11.5. The van der Waals surface area contributed by atoms with Gasteiger partial charge in [0.25, 0.3) is 0 Å². The molecule has 2 aromatic rings. The molecule has 5 heteroatoms. The van der Waals surface area contributed by atoms with Crippen LogP contribution in [0.1, 0.15) is 41.4 Å². The van der Waals surface area contributed by atoms with Crippen LogP contribution < -0.4 is 4.74 Å². The SMILES string of the molecule is Cc1cccc(OCC(O)CN2CCCC2c2c(C)n[nH]c2C)c1. The van der Waals surface area contributed by atoms with Gasteiger partial charge in [-0.3, -0.25) is 10.00 Å². The van der Waals surface area contributed by atoms with Crippen molar-refractivity contribution in [2.75, 3.05) is 19.7 Å². The number of benzene rings is 1. The van der Waals surface area contributed by atoms with Gasteiger partial charge in [0.15, 0.2) is 0 Å². The lowest BCUT2D eigenvalue weighted by Gasteiger charge is -2.27. The Kier molecular flexibility index (Phi) is 5.21. The van der Waals surface area contributed by atoms with Crippen LogP contribution in [0.15, 0.2) is 24.3 Å². The van der Waals surface area contributed by atoms with Crippen molar-refractivity contribution in [3.8, 4) is 5.75 Å². The van der Waals surface area contributed by atoms with Crippen molar-refractivity contribution in [3.05, 3.63) is 46.8 Å². The molecule has 130 valence electrons. The Hall–Kier alpha value is -1.85. The normalized spacial score (nSPS) is 19.6. The molecule has 1 aliphatic heterocycles. The Morgan fingerprint density at radius 2 is 2.21 bits per heavy atom. The second-order valence-electron chi connectivity index (χ2n) is 6.78. The molecule has 0 amide bonds. The van der Waals surface area contributed by atoms with Crippen LogP contribution in [-0.4, -0.2) is 46.0 Å². The van der Waals surface area contributed by atoms with Crippen molar-refractivity contribution < 1.29 is 9.84 Å². The number of aromatic amines is 1. The molecule has 2 heterocycles. The molecule has 0 bridgehead atoms. The smallest absolute Gasteiger partial charge is 0.119 e. The molecule has 1 aliphatic rings. The van der Waals surface area contributed by atoms with Gasteiger partial charge in [-0.15, -0.1) is 0 Å². The minimum atomic E-state index is -0.501. The number of H-pyrrole nitrogens is 1. The summed E-state index contributed by atoms with van der Waals surface area (Å²) in [5.41, 5.74) is 4.65. The molecule has 1 fully saturated rings. The Morgan fingerprint density at radius 3 is 2.92 bits per heavy atom. The molecule has 1 aromatic carbocycles. The van der Waals surface area contributed by atoms with Crippen LogP contribution in [0.5, 0.6) is 5.75 Å². The van der Waals surface area contributed by atoms with Crippen LogP contribution in [0.25, 0.3) is 0 Å². The van der Waals surface area contributed by atoms with Crippen LogP contribution in [0.4, 0.5) is 0 Å². The lowest BCUT2D eigenvalue weighted by atomic mass is 10.0. The van der Waals surface area contributed by atoms with E-state index in [2.05, 4.69) is 22.0 Å². The van der Waals surface area contributed by atoms with E-state index in [1.807, 2.05) is 38.1 Å². The average molecular weight is 329 g/mol. The van der Waals surface area contributed by atoms with E-state index in [-0.39, 0.29) is 0 Å². The summed E-state index contributed by atoms with van der Waals surface area (Å²) < 4.78 is 5.74. The molecule has 1 saturated heterocycles. The maximum Gasteiger partial charge on any atom is 0.119 e. The number of hydrogen-bond acceptors (Lipinski definition) is 4. The highest BCUT2D eigenvalue weighted by atomic mass is 16.5. The number of nitrogens with zero attached hydrogens (tertiary/aromatic N) is 2. The summed E-state index contributed by atoms with van der Waals surface area (Å²) in [7, 11) is 0. The standard InChI is InChI=1S/C19H27N3O2/c1-13-6-4-7-17(10-13)24-12-16(23)11-22-9-5-8-18(22)19-14(2)20-21-15(19)3/h4,6-7,10,16,18,23H,5,8-9,11-12H2,1-3H3,(H,20,21). The Labute approximate surface area is 143 Å². The largest absolute Gasteiger partial charge is 0.491 e. The second kappa shape index (κ2) is 7.36. The summed E-state index contributed by atoms with van der Waals surface area (Å²) in [5, 5.41) is 17.8. The molecule has 5 nitrogen and oxygen atoms in total. The lowest BCUT2D eigenvalue weighted by molar-refractivity contribution is 0.0637. The van der Waals surface area contributed by atoms with Gasteiger partial charge in [-0.1, -0.05) is 12.1 Å². The fourth-order valence-corrected chi connectivity index (χ4v) is 3.64. The predicted molar refractivity (Wildman–Crippen MR) is 94.3 cm³/mol. The van der Waals surface area contributed by atoms with Crippen LogP contribution in [0, 0.1) is 20.8 Å². The van der Waals surface area contributed by atoms with E-state index in [0.29, 0.717) is 19.2 Å². The third-order valence-electron chi connectivity index (χ3n) is 4.76. The highest BCUT2D eigenvalue weighted by Gasteiger charge is 2.30. The summed E-state index contributed by atoms with van der Waals surface area (Å²) >= 11 is 0. The zero-order valence-electron chi connectivity index (χ0n) is 14.7. The number of hydrogen-bond donors (Lipinski definition) is 2. The Balaban J connectivity index is 1.58. The molecule has 0 aliphatic carbocycles. The van der Waals surface area contributed by atoms with Crippen molar-refractivity contribution in [3.63, 3.8) is 0 Å². The maximum absolute atomic E-state index is 10.4. The van der Waals surface area contributed by atoms with Gasteiger partial charge in [0, 0.05) is 23.8 Å².